The van der Waals surface area contributed by atoms with E-state index in [9.17, 15) is 31.1 Å². The molecule has 3 atom stereocenters. The number of alkyl halides is 8. The van der Waals surface area contributed by atoms with Gasteiger partial charge in [-0.3, -0.25) is 4.79 Å². The normalized spacial score (nSPS) is 32.8. The highest BCUT2D eigenvalue weighted by atomic mass is 35.5. The molecule has 136 valence electrons. The van der Waals surface area contributed by atoms with E-state index in [1.54, 1.807) is 0 Å². The fourth-order valence-electron chi connectivity index (χ4n) is 3.21. The lowest BCUT2D eigenvalue weighted by molar-refractivity contribution is -0.142. The lowest BCUT2D eigenvalue weighted by Gasteiger charge is -2.34. The molecule has 1 unspecified atom stereocenters. The predicted octanol–water partition coefficient (Wildman–Crippen LogP) is 4.97. The maximum absolute atomic E-state index is 13.0. The molecule has 0 heterocycles. The van der Waals surface area contributed by atoms with Crippen molar-refractivity contribution in [3.8, 4) is 0 Å². The smallest absolute Gasteiger partial charge is 0.416 e. The van der Waals surface area contributed by atoms with Crippen molar-refractivity contribution in [1.29, 1.82) is 0 Å². The van der Waals surface area contributed by atoms with Gasteiger partial charge in [0.25, 0.3) is 0 Å². The second kappa shape index (κ2) is 5.56. The average Bonchev–Trinajstić information content (AvgIpc) is 2.99. The largest absolute Gasteiger partial charge is 0.469 e. The first-order chi connectivity index (χ1) is 10.6. The fourth-order valence-corrected chi connectivity index (χ4v) is 4.26. The van der Waals surface area contributed by atoms with Crippen molar-refractivity contribution in [2.45, 2.75) is 30.0 Å². The molecule has 0 spiro atoms. The van der Waals surface area contributed by atoms with Gasteiger partial charge in [0.05, 0.1) is 18.6 Å². The number of rotatable bonds is 2. The number of allylic oxidation sites excluding steroid dienone is 4. The Morgan fingerprint density at radius 1 is 1.21 bits per heavy atom. The molecule has 0 saturated heterocycles. The summed E-state index contributed by atoms with van der Waals surface area (Å²) in [5.74, 6) is -3.21. The second-order valence-electron chi connectivity index (χ2n) is 6.10. The summed E-state index contributed by atoms with van der Waals surface area (Å²) in [5, 5.41) is 0. The monoisotopic (exact) mass is 396 g/mol. The van der Waals surface area contributed by atoms with E-state index < -0.39 is 57.5 Å². The number of ether oxygens (including phenoxy) is 1. The van der Waals surface area contributed by atoms with Gasteiger partial charge in [0, 0.05) is 11.5 Å². The average molecular weight is 397 g/mol. The number of halogens is 8. The Bertz CT molecular complexity index is 620. The first kappa shape index (κ1) is 19.4. The van der Waals surface area contributed by atoms with Crippen molar-refractivity contribution in [1.82, 2.24) is 0 Å². The number of methoxy groups -OCH3 is 1. The Balaban J connectivity index is 2.48. The van der Waals surface area contributed by atoms with E-state index in [4.69, 9.17) is 23.2 Å². The Labute approximate surface area is 143 Å². The van der Waals surface area contributed by atoms with Crippen LogP contribution in [-0.2, 0) is 9.53 Å². The van der Waals surface area contributed by atoms with Crippen LogP contribution in [0.4, 0.5) is 26.3 Å². The third-order valence-corrected chi connectivity index (χ3v) is 5.24. The minimum Gasteiger partial charge on any atom is -0.469 e. The highest BCUT2D eigenvalue weighted by molar-refractivity contribution is 6.52. The molecule has 2 nitrogen and oxygen atoms in total. The third-order valence-electron chi connectivity index (χ3n) is 4.30. The number of carbonyl (C=O) groups is 1. The van der Waals surface area contributed by atoms with E-state index in [2.05, 4.69) is 4.74 Å². The van der Waals surface area contributed by atoms with Crippen molar-refractivity contribution in [3.63, 3.8) is 0 Å². The van der Waals surface area contributed by atoms with E-state index in [1.807, 2.05) is 0 Å². The van der Waals surface area contributed by atoms with Crippen molar-refractivity contribution < 1.29 is 35.9 Å². The van der Waals surface area contributed by atoms with Crippen LogP contribution in [-0.4, -0.2) is 29.8 Å². The Kier molecular flexibility index (Phi) is 4.50. The predicted molar refractivity (Wildman–Crippen MR) is 74.4 cm³/mol. The molecule has 2 aliphatic carbocycles. The van der Waals surface area contributed by atoms with E-state index in [0.29, 0.717) is 6.08 Å². The van der Waals surface area contributed by atoms with Crippen LogP contribution in [0.2, 0.25) is 0 Å². The lowest BCUT2D eigenvalue weighted by atomic mass is 9.73. The summed E-state index contributed by atoms with van der Waals surface area (Å²) in [5.41, 5.74) is -4.49. The Morgan fingerprint density at radius 3 is 2.17 bits per heavy atom. The van der Waals surface area contributed by atoms with E-state index in [-0.39, 0.29) is 6.08 Å². The minimum atomic E-state index is -4.98. The molecule has 1 saturated carbocycles. The number of hydrogen-bond acceptors (Lipinski definition) is 2. The lowest BCUT2D eigenvalue weighted by Crippen LogP contribution is -2.31. The molecule has 0 aromatic heterocycles. The van der Waals surface area contributed by atoms with Crippen LogP contribution in [0, 0.1) is 17.3 Å². The quantitative estimate of drug-likeness (QED) is 0.374. The summed E-state index contributed by atoms with van der Waals surface area (Å²) in [6.45, 7) is 1.17. The number of esters is 1. The first-order valence-electron chi connectivity index (χ1n) is 6.68. The van der Waals surface area contributed by atoms with Gasteiger partial charge < -0.3 is 4.74 Å². The van der Waals surface area contributed by atoms with Crippen LogP contribution in [0.25, 0.3) is 0 Å². The van der Waals surface area contributed by atoms with Crippen molar-refractivity contribution in [2.24, 2.45) is 17.3 Å². The maximum Gasteiger partial charge on any atom is 0.416 e. The maximum atomic E-state index is 13.0. The molecular weight excluding hydrogens is 385 g/mol. The molecule has 2 rings (SSSR count). The number of carbonyl (C=O) groups excluding carboxylic acids is 1. The molecular formula is C14H12Cl2F6O2. The molecule has 2 aliphatic rings. The van der Waals surface area contributed by atoms with Crippen LogP contribution < -0.4 is 0 Å². The van der Waals surface area contributed by atoms with Gasteiger partial charge in [0.2, 0.25) is 0 Å². The molecule has 0 aromatic rings. The zero-order chi connectivity index (χ0) is 18.7. The van der Waals surface area contributed by atoms with Gasteiger partial charge in [-0.15, -0.1) is 23.2 Å². The standard InChI is InChI=1S/C14H12Cl2F6O2/c1-11(9-8(10(23)24-2)12(9,15)16)4-6(13(17,18)19)3-7(5-11)14(20,21)22/h3-4,8-9H,5H2,1-2H3/t8-,9-,11?/m0/s1. The topological polar surface area (TPSA) is 26.3 Å². The molecule has 0 aliphatic heterocycles. The number of hydrogen-bond donors (Lipinski definition) is 0. The molecule has 0 amide bonds. The zero-order valence-electron chi connectivity index (χ0n) is 12.4. The minimum absolute atomic E-state index is 0.0709. The zero-order valence-corrected chi connectivity index (χ0v) is 13.9. The molecule has 24 heavy (non-hydrogen) atoms. The Hall–Kier alpha value is -0.890. The van der Waals surface area contributed by atoms with E-state index in [1.165, 1.54) is 6.92 Å². The van der Waals surface area contributed by atoms with Crippen LogP contribution in [0.15, 0.2) is 23.3 Å². The van der Waals surface area contributed by atoms with E-state index in [0.717, 1.165) is 7.11 Å². The Morgan fingerprint density at radius 2 is 1.75 bits per heavy atom. The molecule has 0 radical (unpaired) electrons. The fraction of sp³-hybridized carbons (Fsp3) is 0.643. The van der Waals surface area contributed by atoms with Crippen molar-refractivity contribution in [3.05, 3.63) is 23.3 Å². The molecule has 1 fully saturated rings. The third kappa shape index (κ3) is 3.27. The van der Waals surface area contributed by atoms with Gasteiger partial charge in [0.1, 0.15) is 4.33 Å². The highest BCUT2D eigenvalue weighted by Gasteiger charge is 2.73. The van der Waals surface area contributed by atoms with Gasteiger partial charge in [-0.25, -0.2) is 0 Å². The summed E-state index contributed by atoms with van der Waals surface area (Å²) in [4.78, 5) is 11.7. The summed E-state index contributed by atoms with van der Waals surface area (Å²) in [6, 6.07) is 0. The summed E-state index contributed by atoms with van der Waals surface area (Å²) < 4.78 is 80.8. The molecule has 0 N–H and O–H groups in total. The van der Waals surface area contributed by atoms with Crippen LogP contribution in [0.3, 0.4) is 0 Å². The van der Waals surface area contributed by atoms with Gasteiger partial charge in [0.15, 0.2) is 0 Å². The summed E-state index contributed by atoms with van der Waals surface area (Å²) >= 11 is 11.9. The van der Waals surface area contributed by atoms with Gasteiger partial charge in [-0.1, -0.05) is 13.0 Å². The SMILES string of the molecule is COC(=O)[C@@H]1[C@@H](C2(C)C=C(C(F)(F)F)C=C(C(F)(F)F)C2)C1(Cl)Cl. The van der Waals surface area contributed by atoms with Crippen LogP contribution in [0.5, 0.6) is 0 Å². The first-order valence-corrected chi connectivity index (χ1v) is 7.43. The van der Waals surface area contributed by atoms with Crippen molar-refractivity contribution >= 4 is 29.2 Å². The van der Waals surface area contributed by atoms with Gasteiger partial charge >= 0.3 is 18.3 Å². The highest BCUT2D eigenvalue weighted by Crippen LogP contribution is 2.69. The van der Waals surface area contributed by atoms with Crippen LogP contribution in [0.1, 0.15) is 13.3 Å². The van der Waals surface area contributed by atoms with Crippen molar-refractivity contribution in [2.75, 3.05) is 7.11 Å². The summed E-state index contributed by atoms with van der Waals surface area (Å²) in [6.07, 6.45) is -9.95. The summed E-state index contributed by atoms with van der Waals surface area (Å²) in [7, 11) is 1.03. The van der Waals surface area contributed by atoms with Crippen LogP contribution >= 0.6 is 23.2 Å². The second-order valence-corrected chi connectivity index (χ2v) is 7.54. The van der Waals surface area contributed by atoms with Gasteiger partial charge in [-0.2, -0.15) is 26.3 Å². The molecule has 0 bridgehead atoms. The molecule has 10 heteroatoms. The molecule has 0 aromatic carbocycles. The van der Waals surface area contributed by atoms with E-state index >= 15 is 0 Å². The van der Waals surface area contributed by atoms with Gasteiger partial charge in [-0.05, 0) is 17.9 Å².